The summed E-state index contributed by atoms with van der Waals surface area (Å²) in [5.41, 5.74) is -1.11. The van der Waals surface area contributed by atoms with Crippen molar-refractivity contribution >= 4 is 27.0 Å². The molecule has 8 heteroatoms. The second-order valence-electron chi connectivity index (χ2n) is 5.05. The van der Waals surface area contributed by atoms with Gasteiger partial charge in [-0.2, -0.15) is 4.72 Å². The van der Waals surface area contributed by atoms with Gasteiger partial charge in [-0.3, -0.25) is 4.79 Å². The van der Waals surface area contributed by atoms with Crippen LogP contribution in [0.4, 0.5) is 0 Å². The fourth-order valence-corrected chi connectivity index (χ4v) is 3.77. The van der Waals surface area contributed by atoms with E-state index in [-0.39, 0.29) is 11.3 Å². The highest BCUT2D eigenvalue weighted by molar-refractivity contribution is 7.89. The van der Waals surface area contributed by atoms with Gasteiger partial charge in [-0.25, -0.2) is 13.4 Å². The number of hydrogen-bond donors (Lipinski definition) is 3. The van der Waals surface area contributed by atoms with E-state index in [1.165, 1.54) is 13.1 Å². The number of carbonyl (C=O) groups is 1. The van der Waals surface area contributed by atoms with E-state index in [4.69, 9.17) is 0 Å². The van der Waals surface area contributed by atoms with E-state index < -0.39 is 21.5 Å². The molecule has 0 amide bonds. The summed E-state index contributed by atoms with van der Waals surface area (Å²) in [4.78, 5) is 18.2. The third kappa shape index (κ3) is 2.91. The van der Waals surface area contributed by atoms with E-state index in [0.29, 0.717) is 17.5 Å². The molecule has 1 unspecified atom stereocenters. The second-order valence-corrected chi connectivity index (χ2v) is 6.70. The Morgan fingerprint density at radius 2 is 2.24 bits per heavy atom. The smallest absolute Gasteiger partial charge is 0.324 e. The van der Waals surface area contributed by atoms with Gasteiger partial charge in [0.25, 0.3) is 0 Å². The average Bonchev–Trinajstić information content (AvgIpc) is 2.82. The number of pyridine rings is 1. The number of aliphatic carboxylic acids is 1. The summed E-state index contributed by atoms with van der Waals surface area (Å²) >= 11 is 0. The van der Waals surface area contributed by atoms with Crippen molar-refractivity contribution in [2.45, 2.75) is 37.1 Å². The maximum absolute atomic E-state index is 12.5. The number of nitrogens with zero attached hydrogens (tertiary/aromatic N) is 1. The monoisotopic (exact) mass is 311 g/mol. The van der Waals surface area contributed by atoms with Crippen LogP contribution in [-0.4, -0.2) is 35.0 Å². The molecule has 2 heterocycles. The minimum absolute atomic E-state index is 0.00539. The molecular weight excluding hydrogens is 294 g/mol. The molecule has 2 rings (SSSR count). The minimum atomic E-state index is -3.97. The average molecular weight is 311 g/mol. The lowest BCUT2D eigenvalue weighted by Crippen LogP contribution is -2.51. The lowest BCUT2D eigenvalue weighted by molar-refractivity contribution is -0.143. The van der Waals surface area contributed by atoms with Gasteiger partial charge in [0.05, 0.1) is 0 Å². The third-order valence-electron chi connectivity index (χ3n) is 3.28. The maximum Gasteiger partial charge on any atom is 0.324 e. The van der Waals surface area contributed by atoms with Gasteiger partial charge in [0.2, 0.25) is 10.0 Å². The fraction of sp³-hybridized carbons (Fsp3) is 0.385. The van der Waals surface area contributed by atoms with Crippen molar-refractivity contribution in [2.75, 3.05) is 0 Å². The number of aromatic nitrogens is 2. The lowest BCUT2D eigenvalue weighted by atomic mass is 9.98. The van der Waals surface area contributed by atoms with Gasteiger partial charge < -0.3 is 10.1 Å². The Labute approximate surface area is 122 Å². The van der Waals surface area contributed by atoms with E-state index in [1.54, 1.807) is 25.3 Å². The van der Waals surface area contributed by atoms with Crippen molar-refractivity contribution < 1.29 is 18.3 Å². The zero-order chi connectivity index (χ0) is 15.7. The van der Waals surface area contributed by atoms with Gasteiger partial charge in [-0.1, -0.05) is 13.3 Å². The van der Waals surface area contributed by atoms with Crippen LogP contribution >= 0.6 is 0 Å². The molecule has 1 atom stereocenters. The van der Waals surface area contributed by atoms with E-state index in [0.717, 1.165) is 0 Å². The maximum atomic E-state index is 12.5. The molecule has 0 spiro atoms. The number of hydrogen-bond acceptors (Lipinski definition) is 4. The van der Waals surface area contributed by atoms with Gasteiger partial charge >= 0.3 is 5.97 Å². The normalized spacial score (nSPS) is 15.0. The van der Waals surface area contributed by atoms with E-state index >= 15 is 0 Å². The Balaban J connectivity index is 2.45. The van der Waals surface area contributed by atoms with Crippen LogP contribution in [0, 0.1) is 0 Å². The summed E-state index contributed by atoms with van der Waals surface area (Å²) < 4.78 is 27.2. The predicted octanol–water partition coefficient (Wildman–Crippen LogP) is 1.48. The Kier molecular flexibility index (Phi) is 4.02. The number of H-pyrrole nitrogens is 1. The van der Waals surface area contributed by atoms with E-state index in [9.17, 15) is 18.3 Å². The highest BCUT2D eigenvalue weighted by Crippen LogP contribution is 2.23. The Hall–Kier alpha value is -1.93. The first kappa shape index (κ1) is 15.5. The highest BCUT2D eigenvalue weighted by atomic mass is 32.2. The third-order valence-corrected chi connectivity index (χ3v) is 4.92. The molecule has 0 saturated carbocycles. The SMILES string of the molecule is CCCC(C)(NS(=O)(=O)c1c[nH]c2ncccc12)C(=O)O. The van der Waals surface area contributed by atoms with E-state index in [1.807, 2.05) is 0 Å². The van der Waals surface area contributed by atoms with Crippen molar-refractivity contribution in [3.8, 4) is 0 Å². The number of aromatic amines is 1. The summed E-state index contributed by atoms with van der Waals surface area (Å²) in [6.07, 6.45) is 3.60. The first-order chi connectivity index (χ1) is 9.80. The zero-order valence-corrected chi connectivity index (χ0v) is 12.6. The number of nitrogens with one attached hydrogen (secondary N) is 2. The molecule has 21 heavy (non-hydrogen) atoms. The number of carboxylic acid groups (broad SMARTS) is 1. The van der Waals surface area contributed by atoms with Crippen LogP contribution in [0.2, 0.25) is 0 Å². The van der Waals surface area contributed by atoms with Crippen molar-refractivity contribution in [2.24, 2.45) is 0 Å². The van der Waals surface area contributed by atoms with Crippen LogP contribution in [0.15, 0.2) is 29.4 Å². The summed E-state index contributed by atoms with van der Waals surface area (Å²) in [7, 11) is -3.97. The van der Waals surface area contributed by atoms with Crippen LogP contribution < -0.4 is 4.72 Å². The van der Waals surface area contributed by atoms with Gasteiger partial charge in [0, 0.05) is 17.8 Å². The Bertz CT molecular complexity index is 769. The van der Waals surface area contributed by atoms with Crippen molar-refractivity contribution in [1.82, 2.24) is 14.7 Å². The molecule has 0 fully saturated rings. The van der Waals surface area contributed by atoms with Crippen molar-refractivity contribution in [3.05, 3.63) is 24.5 Å². The van der Waals surface area contributed by atoms with Crippen LogP contribution in [0.25, 0.3) is 11.0 Å². The predicted molar refractivity (Wildman–Crippen MR) is 77.4 cm³/mol. The standard InChI is InChI=1S/C13H17N3O4S/c1-3-6-13(2,12(17)18)16-21(19,20)10-8-15-11-9(10)5-4-7-14-11/h4-5,7-8,16H,3,6H2,1-2H3,(H,14,15)(H,17,18). The molecule has 3 N–H and O–H groups in total. The molecule has 2 aromatic heterocycles. The molecule has 0 aliphatic carbocycles. The first-order valence-corrected chi connectivity index (χ1v) is 7.98. The van der Waals surface area contributed by atoms with Crippen molar-refractivity contribution in [1.29, 1.82) is 0 Å². The fourth-order valence-electron chi connectivity index (χ4n) is 2.21. The minimum Gasteiger partial charge on any atom is -0.480 e. The molecule has 0 aromatic carbocycles. The number of carboxylic acids is 1. The van der Waals surface area contributed by atoms with Gasteiger partial charge in [0.1, 0.15) is 16.1 Å². The molecule has 0 radical (unpaired) electrons. The number of rotatable bonds is 6. The molecule has 0 saturated heterocycles. The Morgan fingerprint density at radius 3 is 2.86 bits per heavy atom. The second kappa shape index (κ2) is 5.45. The molecule has 0 bridgehead atoms. The Morgan fingerprint density at radius 1 is 1.52 bits per heavy atom. The van der Waals surface area contributed by atoms with Crippen LogP contribution in [0.3, 0.4) is 0 Å². The van der Waals surface area contributed by atoms with Crippen molar-refractivity contribution in [3.63, 3.8) is 0 Å². The van der Waals surface area contributed by atoms with Crippen LogP contribution in [0.1, 0.15) is 26.7 Å². The van der Waals surface area contributed by atoms with Crippen LogP contribution in [0.5, 0.6) is 0 Å². The van der Waals surface area contributed by atoms with Crippen LogP contribution in [-0.2, 0) is 14.8 Å². The first-order valence-electron chi connectivity index (χ1n) is 6.49. The lowest BCUT2D eigenvalue weighted by Gasteiger charge is -2.25. The molecule has 0 aliphatic heterocycles. The molecule has 0 aliphatic rings. The number of fused-ring (bicyclic) bond motifs is 1. The molecule has 2 aromatic rings. The van der Waals surface area contributed by atoms with Gasteiger partial charge in [-0.05, 0) is 25.5 Å². The molecule has 7 nitrogen and oxygen atoms in total. The largest absolute Gasteiger partial charge is 0.480 e. The highest BCUT2D eigenvalue weighted by Gasteiger charge is 2.37. The molecule has 114 valence electrons. The summed E-state index contributed by atoms with van der Waals surface area (Å²) in [5, 5.41) is 9.72. The molecular formula is C13H17N3O4S. The summed E-state index contributed by atoms with van der Waals surface area (Å²) in [6.45, 7) is 3.16. The van der Waals surface area contributed by atoms with Gasteiger partial charge in [-0.15, -0.1) is 0 Å². The summed E-state index contributed by atoms with van der Waals surface area (Å²) in [6, 6.07) is 3.24. The summed E-state index contributed by atoms with van der Waals surface area (Å²) in [5.74, 6) is -1.20. The number of sulfonamides is 1. The van der Waals surface area contributed by atoms with E-state index in [2.05, 4.69) is 14.7 Å². The van der Waals surface area contributed by atoms with Gasteiger partial charge in [0.15, 0.2) is 0 Å². The quantitative estimate of drug-likeness (QED) is 0.748. The topological polar surface area (TPSA) is 112 Å². The zero-order valence-electron chi connectivity index (χ0n) is 11.8.